The second kappa shape index (κ2) is 10.6. The molecule has 0 atom stereocenters. The highest BCUT2D eigenvalue weighted by Gasteiger charge is 2.39. The van der Waals surface area contributed by atoms with Crippen molar-refractivity contribution in [1.29, 1.82) is 0 Å². The van der Waals surface area contributed by atoms with E-state index in [1.54, 1.807) is 0 Å². The molecule has 9 heteroatoms. The number of rotatable bonds is 4. The van der Waals surface area contributed by atoms with E-state index in [-0.39, 0.29) is 30.7 Å². The van der Waals surface area contributed by atoms with Gasteiger partial charge >= 0.3 is 0 Å². The van der Waals surface area contributed by atoms with Gasteiger partial charge in [0.1, 0.15) is 0 Å². The van der Waals surface area contributed by atoms with Crippen LogP contribution in [0.15, 0.2) is 28.8 Å². The van der Waals surface area contributed by atoms with Gasteiger partial charge in [0.2, 0.25) is 17.6 Å². The molecule has 7 nitrogen and oxygen atoms in total. The molecule has 0 radical (unpaired) electrons. The van der Waals surface area contributed by atoms with E-state index in [9.17, 15) is 4.79 Å². The van der Waals surface area contributed by atoms with Crippen molar-refractivity contribution >= 4 is 30.7 Å². The monoisotopic (exact) mass is 455 g/mol. The Balaban J connectivity index is 0.00000160. The Bertz CT molecular complexity index is 813. The van der Waals surface area contributed by atoms with E-state index in [0.29, 0.717) is 31.3 Å². The summed E-state index contributed by atoms with van der Waals surface area (Å²) in [5, 5.41) is 4.10. The predicted molar refractivity (Wildman–Crippen MR) is 121 cm³/mol. The van der Waals surface area contributed by atoms with Crippen LogP contribution in [-0.2, 0) is 11.3 Å². The summed E-state index contributed by atoms with van der Waals surface area (Å²) in [4.78, 5) is 21.6. The molecular formula is C21H31Cl2N5O2. The normalized spacial score (nSPS) is 18.9. The van der Waals surface area contributed by atoms with E-state index in [4.69, 9.17) is 10.3 Å². The first-order valence-corrected chi connectivity index (χ1v) is 10.2. The van der Waals surface area contributed by atoms with Crippen molar-refractivity contribution in [2.45, 2.75) is 51.1 Å². The molecule has 0 bridgehead atoms. The fraction of sp³-hybridized carbons (Fsp3) is 0.571. The van der Waals surface area contributed by atoms with Crippen molar-refractivity contribution in [3.63, 3.8) is 0 Å². The van der Waals surface area contributed by atoms with Crippen LogP contribution in [-0.4, -0.2) is 57.6 Å². The summed E-state index contributed by atoms with van der Waals surface area (Å²) in [6, 6.07) is 8.08. The molecule has 2 N–H and O–H groups in total. The van der Waals surface area contributed by atoms with Crippen molar-refractivity contribution in [3.8, 4) is 11.4 Å². The van der Waals surface area contributed by atoms with E-state index in [0.717, 1.165) is 44.3 Å². The first-order valence-electron chi connectivity index (χ1n) is 10.2. The number of piperazine rings is 1. The second-order valence-corrected chi connectivity index (χ2v) is 8.16. The van der Waals surface area contributed by atoms with Gasteiger partial charge in [-0.2, -0.15) is 4.98 Å². The Morgan fingerprint density at radius 1 is 1.07 bits per heavy atom. The third-order valence-electron chi connectivity index (χ3n) is 5.97. The molecule has 1 amide bonds. The Morgan fingerprint density at radius 2 is 1.70 bits per heavy atom. The molecule has 30 heavy (non-hydrogen) atoms. The number of carbonyl (C=O) groups excluding carboxylic acids is 1. The maximum atomic E-state index is 12.9. The maximum Gasteiger partial charge on any atom is 0.242 e. The molecule has 1 saturated heterocycles. The fourth-order valence-corrected chi connectivity index (χ4v) is 4.15. The standard InChI is InChI=1S/C21H29N5O2.2ClH/c1-16-5-7-17(8-6-16)19-23-18(28-24-19)15-25-11-13-26(14-12-25)20(27)21(22)9-3-2-4-10-21;;/h5-8H,2-4,9-15,22H2,1H3;2*1H. The molecule has 1 aliphatic carbocycles. The van der Waals surface area contributed by atoms with Crippen LogP contribution in [0, 0.1) is 6.92 Å². The first-order chi connectivity index (χ1) is 13.5. The van der Waals surface area contributed by atoms with E-state index in [1.165, 1.54) is 12.0 Å². The summed E-state index contributed by atoms with van der Waals surface area (Å²) < 4.78 is 5.43. The number of hydrogen-bond acceptors (Lipinski definition) is 6. The van der Waals surface area contributed by atoms with Crippen LogP contribution in [0.1, 0.15) is 43.6 Å². The number of hydrogen-bond donors (Lipinski definition) is 1. The van der Waals surface area contributed by atoms with Gasteiger partial charge in [0, 0.05) is 31.7 Å². The molecule has 2 aromatic rings. The van der Waals surface area contributed by atoms with Gasteiger partial charge in [0.25, 0.3) is 0 Å². The SMILES string of the molecule is Cc1ccc(-c2noc(CN3CCN(C(=O)C4(N)CCCCC4)CC3)n2)cc1.Cl.Cl. The summed E-state index contributed by atoms with van der Waals surface area (Å²) in [6.07, 6.45) is 4.94. The van der Waals surface area contributed by atoms with E-state index < -0.39 is 5.54 Å². The lowest BCUT2D eigenvalue weighted by atomic mass is 9.81. The van der Waals surface area contributed by atoms with E-state index in [2.05, 4.69) is 22.0 Å². The minimum atomic E-state index is -0.643. The van der Waals surface area contributed by atoms with Crippen molar-refractivity contribution < 1.29 is 9.32 Å². The summed E-state index contributed by atoms with van der Waals surface area (Å²) in [5.41, 5.74) is 7.93. The van der Waals surface area contributed by atoms with Crippen molar-refractivity contribution in [2.24, 2.45) is 5.73 Å². The summed E-state index contributed by atoms with van der Waals surface area (Å²) in [6.45, 7) is 5.66. The van der Waals surface area contributed by atoms with Crippen LogP contribution in [0.25, 0.3) is 11.4 Å². The lowest BCUT2D eigenvalue weighted by Crippen LogP contribution is -2.60. The Morgan fingerprint density at radius 3 is 2.33 bits per heavy atom. The molecule has 166 valence electrons. The third kappa shape index (κ3) is 5.52. The van der Waals surface area contributed by atoms with Crippen LogP contribution in [0.4, 0.5) is 0 Å². The molecule has 2 aliphatic rings. The zero-order chi connectivity index (χ0) is 19.6. The van der Waals surface area contributed by atoms with Gasteiger partial charge in [-0.25, -0.2) is 0 Å². The quantitative estimate of drug-likeness (QED) is 0.760. The molecule has 0 unspecified atom stereocenters. The van der Waals surface area contributed by atoms with Gasteiger partial charge in [-0.1, -0.05) is 54.2 Å². The lowest BCUT2D eigenvalue weighted by molar-refractivity contribution is -0.140. The fourth-order valence-electron chi connectivity index (χ4n) is 4.15. The zero-order valence-corrected chi connectivity index (χ0v) is 19.0. The van der Waals surface area contributed by atoms with Crippen LogP contribution in [0.3, 0.4) is 0 Å². The molecule has 2 fully saturated rings. The van der Waals surface area contributed by atoms with Crippen LogP contribution in [0.5, 0.6) is 0 Å². The highest BCUT2D eigenvalue weighted by Crippen LogP contribution is 2.28. The number of amides is 1. The van der Waals surface area contributed by atoms with Gasteiger partial charge < -0.3 is 15.2 Å². The second-order valence-electron chi connectivity index (χ2n) is 8.16. The Labute approximate surface area is 190 Å². The molecular weight excluding hydrogens is 425 g/mol. The Hall–Kier alpha value is -1.67. The summed E-state index contributed by atoms with van der Waals surface area (Å²) in [5.74, 6) is 1.36. The number of carbonyl (C=O) groups is 1. The average molecular weight is 456 g/mol. The summed E-state index contributed by atoms with van der Waals surface area (Å²) >= 11 is 0. The largest absolute Gasteiger partial charge is 0.339 e. The van der Waals surface area contributed by atoms with Crippen LogP contribution in [0.2, 0.25) is 0 Å². The Kier molecular flexibility index (Phi) is 8.67. The molecule has 0 spiro atoms. The molecule has 1 aromatic heterocycles. The number of nitrogens with two attached hydrogens (primary N) is 1. The number of benzene rings is 1. The van der Waals surface area contributed by atoms with Crippen molar-refractivity contribution in [2.75, 3.05) is 26.2 Å². The first kappa shape index (κ1) is 24.6. The lowest BCUT2D eigenvalue weighted by Gasteiger charge is -2.40. The molecule has 1 aromatic carbocycles. The topological polar surface area (TPSA) is 88.5 Å². The van der Waals surface area contributed by atoms with Gasteiger partial charge in [-0.3, -0.25) is 9.69 Å². The van der Waals surface area contributed by atoms with Gasteiger partial charge in [0.15, 0.2) is 0 Å². The third-order valence-corrected chi connectivity index (χ3v) is 5.97. The van der Waals surface area contributed by atoms with Gasteiger partial charge in [-0.15, -0.1) is 24.8 Å². The molecule has 1 saturated carbocycles. The molecule has 1 aliphatic heterocycles. The number of nitrogens with zero attached hydrogens (tertiary/aromatic N) is 4. The highest BCUT2D eigenvalue weighted by molar-refractivity contribution is 5.86. The van der Waals surface area contributed by atoms with E-state index >= 15 is 0 Å². The van der Waals surface area contributed by atoms with Crippen LogP contribution >= 0.6 is 24.8 Å². The minimum absolute atomic E-state index is 0. The van der Waals surface area contributed by atoms with Gasteiger partial charge in [-0.05, 0) is 19.8 Å². The number of aromatic nitrogens is 2. The smallest absolute Gasteiger partial charge is 0.242 e. The molecule has 2 heterocycles. The summed E-state index contributed by atoms with van der Waals surface area (Å²) in [7, 11) is 0. The average Bonchev–Trinajstić information content (AvgIpc) is 3.17. The number of aryl methyl sites for hydroxylation is 1. The number of halogens is 2. The van der Waals surface area contributed by atoms with Crippen LogP contribution < -0.4 is 5.73 Å². The van der Waals surface area contributed by atoms with Gasteiger partial charge in [0.05, 0.1) is 12.1 Å². The predicted octanol–water partition coefficient (Wildman–Crippen LogP) is 3.19. The molecule has 4 rings (SSSR count). The van der Waals surface area contributed by atoms with E-state index in [1.807, 2.05) is 29.2 Å². The van der Waals surface area contributed by atoms with Crippen molar-refractivity contribution in [3.05, 3.63) is 35.7 Å². The highest BCUT2D eigenvalue weighted by atomic mass is 35.5. The minimum Gasteiger partial charge on any atom is -0.339 e. The zero-order valence-electron chi connectivity index (χ0n) is 17.4. The van der Waals surface area contributed by atoms with Crippen molar-refractivity contribution in [1.82, 2.24) is 19.9 Å². The maximum absolute atomic E-state index is 12.9.